The van der Waals surface area contributed by atoms with Gasteiger partial charge < -0.3 is 10.3 Å². The first-order valence-corrected chi connectivity index (χ1v) is 17.3. The van der Waals surface area contributed by atoms with Gasteiger partial charge in [-0.2, -0.15) is 0 Å². The predicted molar refractivity (Wildman–Crippen MR) is 210 cm³/mol. The molecule has 3 heteroatoms. The minimum absolute atomic E-state index is 0.692. The van der Waals surface area contributed by atoms with Crippen LogP contribution in [0.5, 0.6) is 0 Å². The van der Waals surface area contributed by atoms with Crippen molar-refractivity contribution >= 4 is 38.8 Å². The molecule has 0 bridgehead atoms. The lowest BCUT2D eigenvalue weighted by Crippen LogP contribution is -2.10. The van der Waals surface area contributed by atoms with Crippen LogP contribution in [-0.4, -0.2) is 10.3 Å². The van der Waals surface area contributed by atoms with Crippen LogP contribution in [0.2, 0.25) is 0 Å². The van der Waals surface area contributed by atoms with Gasteiger partial charge in [-0.15, -0.1) is 0 Å². The maximum absolute atomic E-state index is 7.06. The van der Waals surface area contributed by atoms with Crippen LogP contribution in [0.4, 0.5) is 0 Å². The number of para-hydroxylation sites is 1. The third-order valence-electron chi connectivity index (χ3n) is 10.6. The number of fused-ring (bicyclic) bond motifs is 8. The van der Waals surface area contributed by atoms with Gasteiger partial charge in [0.05, 0.1) is 22.6 Å². The van der Waals surface area contributed by atoms with Crippen molar-refractivity contribution in [1.29, 1.82) is 0 Å². The highest BCUT2D eigenvalue weighted by Gasteiger charge is 2.26. The number of nitrogens with two attached hydrogens (primary N) is 1. The number of aryl methyl sites for hydroxylation is 2. The van der Waals surface area contributed by atoms with E-state index in [0.717, 1.165) is 46.3 Å². The second-order valence-corrected chi connectivity index (χ2v) is 13.3. The van der Waals surface area contributed by atoms with Crippen LogP contribution in [-0.2, 0) is 12.8 Å². The lowest BCUT2D eigenvalue weighted by molar-refractivity contribution is 0.934. The maximum atomic E-state index is 7.06. The first-order chi connectivity index (χ1) is 24.7. The third-order valence-corrected chi connectivity index (χ3v) is 10.6. The number of hydrogen-bond acceptors (Lipinski definition) is 2. The summed E-state index contributed by atoms with van der Waals surface area (Å²) >= 11 is 0. The molecule has 1 aromatic heterocycles. The predicted octanol–water partition coefficient (Wildman–Crippen LogP) is 11.1. The molecule has 0 fully saturated rings. The molecule has 236 valence electrons. The van der Waals surface area contributed by atoms with Crippen molar-refractivity contribution in [3.63, 3.8) is 0 Å². The standard InChI is InChI=1S/C47H33N3/c1-29(30-21-24-32(25-22-30)50-44-20-9-7-15-36(44)41-26-23-31-11-2-3-12-33(31)47(41)50)49-43-19-8-6-16-42(43)46(48)40-28-27-39-35-14-5-4-13-34(35)37-17-10-18-38(40)45(37)39/h2-22,24-25,27-28H,1,23,26,48H2/b46-42-,49-43-. The zero-order valence-corrected chi connectivity index (χ0v) is 27.5. The monoisotopic (exact) mass is 639 g/mol. The molecular weight excluding hydrogens is 607 g/mol. The maximum Gasteiger partial charge on any atom is 0.0730 e. The van der Waals surface area contributed by atoms with E-state index in [9.17, 15) is 0 Å². The van der Waals surface area contributed by atoms with Gasteiger partial charge in [0.25, 0.3) is 0 Å². The van der Waals surface area contributed by atoms with E-state index >= 15 is 0 Å². The average molecular weight is 640 g/mol. The van der Waals surface area contributed by atoms with Crippen molar-refractivity contribution in [3.05, 3.63) is 186 Å². The van der Waals surface area contributed by atoms with Crippen molar-refractivity contribution < 1.29 is 0 Å². The molecule has 0 amide bonds. The Morgan fingerprint density at radius 1 is 0.620 bits per heavy atom. The van der Waals surface area contributed by atoms with E-state index in [0.29, 0.717) is 11.4 Å². The highest BCUT2D eigenvalue weighted by Crippen LogP contribution is 2.48. The topological polar surface area (TPSA) is 43.3 Å². The zero-order chi connectivity index (χ0) is 33.3. The molecule has 6 aromatic carbocycles. The number of nitrogens with zero attached hydrogens (tertiary/aromatic N) is 2. The summed E-state index contributed by atoms with van der Waals surface area (Å²) in [5, 5.41) is 3.74. The molecule has 0 saturated carbocycles. The minimum Gasteiger partial charge on any atom is -0.398 e. The summed E-state index contributed by atoms with van der Waals surface area (Å²) in [5.41, 5.74) is 25.0. The summed E-state index contributed by atoms with van der Waals surface area (Å²) in [4.78, 5) is 5.08. The molecule has 0 unspecified atom stereocenters. The van der Waals surface area contributed by atoms with E-state index in [1.54, 1.807) is 0 Å². The SMILES string of the molecule is C=C(/N=C1/C=CC=C/C1=C(/N)c1ccc2c3c(cccc13)-c1ccccc1-2)c1ccc(-n2c3c(c4ccccc42)CCc2ccccc2-3)cc1. The molecule has 0 aliphatic heterocycles. The number of allylic oxidation sites excluding steroid dienone is 5. The summed E-state index contributed by atoms with van der Waals surface area (Å²) in [6, 6.07) is 45.8. The van der Waals surface area contributed by atoms with Crippen LogP contribution < -0.4 is 5.73 Å². The van der Waals surface area contributed by atoms with Crippen molar-refractivity contribution in [2.24, 2.45) is 10.7 Å². The molecule has 50 heavy (non-hydrogen) atoms. The second-order valence-electron chi connectivity index (χ2n) is 13.3. The molecular formula is C47H33N3. The molecule has 0 atom stereocenters. The van der Waals surface area contributed by atoms with Crippen molar-refractivity contribution in [1.82, 2.24) is 4.57 Å². The van der Waals surface area contributed by atoms with Gasteiger partial charge in [0.15, 0.2) is 0 Å². The molecule has 3 aliphatic carbocycles. The minimum atomic E-state index is 0.692. The van der Waals surface area contributed by atoms with Crippen LogP contribution >= 0.6 is 0 Å². The van der Waals surface area contributed by atoms with Gasteiger partial charge in [0.1, 0.15) is 0 Å². The molecule has 0 spiro atoms. The van der Waals surface area contributed by atoms with E-state index in [2.05, 4.69) is 145 Å². The highest BCUT2D eigenvalue weighted by atomic mass is 15.0. The third kappa shape index (κ3) is 4.20. The molecule has 1 heterocycles. The number of aliphatic imine (C=N–C) groups is 1. The van der Waals surface area contributed by atoms with E-state index in [-0.39, 0.29) is 0 Å². The van der Waals surface area contributed by atoms with Crippen LogP contribution in [0.1, 0.15) is 22.3 Å². The van der Waals surface area contributed by atoms with Crippen molar-refractivity contribution in [3.8, 4) is 39.2 Å². The Morgan fingerprint density at radius 2 is 1.30 bits per heavy atom. The fraction of sp³-hybridized carbons (Fsp3) is 0.0426. The second kappa shape index (κ2) is 11.0. The quantitative estimate of drug-likeness (QED) is 0.205. The molecule has 3 aliphatic rings. The summed E-state index contributed by atoms with van der Waals surface area (Å²) < 4.78 is 2.42. The number of aromatic nitrogens is 1. The van der Waals surface area contributed by atoms with E-state index in [1.807, 2.05) is 18.2 Å². The molecule has 2 N–H and O–H groups in total. The van der Waals surface area contributed by atoms with E-state index in [1.165, 1.54) is 60.9 Å². The van der Waals surface area contributed by atoms with Gasteiger partial charge in [-0.1, -0.05) is 134 Å². The van der Waals surface area contributed by atoms with Gasteiger partial charge in [0, 0.05) is 33.5 Å². The van der Waals surface area contributed by atoms with E-state index in [4.69, 9.17) is 10.7 Å². The Kier molecular flexibility index (Phi) is 6.31. The zero-order valence-electron chi connectivity index (χ0n) is 27.5. The summed E-state index contributed by atoms with van der Waals surface area (Å²) in [5.74, 6) is 0. The Hall–Kier alpha value is -6.45. The first-order valence-electron chi connectivity index (χ1n) is 17.3. The Labute approximate surface area is 291 Å². The largest absolute Gasteiger partial charge is 0.398 e. The smallest absolute Gasteiger partial charge is 0.0730 e. The van der Waals surface area contributed by atoms with Gasteiger partial charge in [0.2, 0.25) is 0 Å². The van der Waals surface area contributed by atoms with Gasteiger partial charge in [-0.05, 0) is 86.8 Å². The lowest BCUT2D eigenvalue weighted by Gasteiger charge is -2.20. The van der Waals surface area contributed by atoms with E-state index < -0.39 is 0 Å². The van der Waals surface area contributed by atoms with Crippen molar-refractivity contribution in [2.75, 3.05) is 0 Å². The van der Waals surface area contributed by atoms with Gasteiger partial charge >= 0.3 is 0 Å². The summed E-state index contributed by atoms with van der Waals surface area (Å²) in [7, 11) is 0. The molecule has 3 nitrogen and oxygen atoms in total. The van der Waals surface area contributed by atoms with Gasteiger partial charge in [-0.25, -0.2) is 4.99 Å². The number of rotatable bonds is 4. The Morgan fingerprint density at radius 3 is 2.14 bits per heavy atom. The van der Waals surface area contributed by atoms with Gasteiger partial charge in [-0.3, -0.25) is 0 Å². The number of benzene rings is 6. The summed E-state index contributed by atoms with van der Waals surface area (Å²) in [6.07, 6.45) is 10.2. The number of hydrogen-bond donors (Lipinski definition) is 1. The fourth-order valence-corrected chi connectivity index (χ4v) is 8.34. The molecule has 0 radical (unpaired) electrons. The normalized spacial score (nSPS) is 15.7. The van der Waals surface area contributed by atoms with Crippen LogP contribution in [0.15, 0.2) is 169 Å². The molecule has 7 aromatic rings. The summed E-state index contributed by atoms with van der Waals surface area (Å²) in [6.45, 7) is 4.42. The average Bonchev–Trinajstić information content (AvgIpc) is 3.69. The molecule has 0 saturated heterocycles. The lowest BCUT2D eigenvalue weighted by atomic mass is 9.89. The molecule has 10 rings (SSSR count). The van der Waals surface area contributed by atoms with Crippen LogP contribution in [0.3, 0.4) is 0 Å². The van der Waals surface area contributed by atoms with Crippen molar-refractivity contribution in [2.45, 2.75) is 12.8 Å². The fourth-order valence-electron chi connectivity index (χ4n) is 8.34. The van der Waals surface area contributed by atoms with Crippen LogP contribution in [0.25, 0.3) is 72.3 Å². The Bertz CT molecular complexity index is 2680. The first kappa shape index (κ1) is 28.6. The Balaban J connectivity index is 1.03. The van der Waals surface area contributed by atoms with Crippen LogP contribution in [0, 0.1) is 0 Å². The highest BCUT2D eigenvalue weighted by molar-refractivity contribution is 6.21.